The lowest BCUT2D eigenvalue weighted by Gasteiger charge is -2.05. The zero-order chi connectivity index (χ0) is 15.9. The standard InChI is InChI=1S/C19H21NO2/c1-4-22-17-9-7-16(8-10-17)20-12-11-19(21)18-13-14(2)5-6-15(18)3/h5-13,20H,4H2,1-3H3. The van der Waals surface area contributed by atoms with Crippen molar-refractivity contribution in [3.63, 3.8) is 0 Å². The van der Waals surface area contributed by atoms with Crippen LogP contribution in [0.25, 0.3) is 0 Å². The van der Waals surface area contributed by atoms with Crippen LogP contribution in [0.3, 0.4) is 0 Å². The Balaban J connectivity index is 1.99. The second-order valence-corrected chi connectivity index (χ2v) is 5.12. The number of hydrogen-bond donors (Lipinski definition) is 1. The summed E-state index contributed by atoms with van der Waals surface area (Å²) in [4.78, 5) is 12.2. The van der Waals surface area contributed by atoms with Crippen LogP contribution in [-0.4, -0.2) is 12.4 Å². The Bertz CT molecular complexity index is 672. The van der Waals surface area contributed by atoms with E-state index >= 15 is 0 Å². The van der Waals surface area contributed by atoms with Crippen molar-refractivity contribution in [2.45, 2.75) is 20.8 Å². The molecular formula is C19H21NO2. The second-order valence-electron chi connectivity index (χ2n) is 5.12. The normalized spacial score (nSPS) is 10.7. The van der Waals surface area contributed by atoms with E-state index in [9.17, 15) is 4.79 Å². The van der Waals surface area contributed by atoms with Crippen molar-refractivity contribution >= 4 is 11.5 Å². The number of benzene rings is 2. The van der Waals surface area contributed by atoms with Crippen LogP contribution in [0, 0.1) is 13.8 Å². The van der Waals surface area contributed by atoms with Gasteiger partial charge in [-0.2, -0.15) is 0 Å². The molecular weight excluding hydrogens is 274 g/mol. The van der Waals surface area contributed by atoms with Gasteiger partial charge in [0.25, 0.3) is 0 Å². The number of rotatable bonds is 6. The quantitative estimate of drug-likeness (QED) is 0.629. The first-order chi connectivity index (χ1) is 10.6. The molecule has 0 fully saturated rings. The van der Waals surface area contributed by atoms with Gasteiger partial charge >= 0.3 is 0 Å². The SMILES string of the molecule is CCOc1ccc(NC=CC(=O)c2cc(C)ccc2C)cc1. The number of ketones is 1. The van der Waals surface area contributed by atoms with Crippen molar-refractivity contribution in [2.75, 3.05) is 11.9 Å². The Hall–Kier alpha value is -2.55. The molecule has 0 radical (unpaired) electrons. The molecule has 1 N–H and O–H groups in total. The molecule has 114 valence electrons. The number of allylic oxidation sites excluding steroid dienone is 1. The third kappa shape index (κ3) is 4.22. The molecule has 3 heteroatoms. The van der Waals surface area contributed by atoms with Crippen molar-refractivity contribution in [1.82, 2.24) is 0 Å². The van der Waals surface area contributed by atoms with E-state index in [1.165, 1.54) is 0 Å². The van der Waals surface area contributed by atoms with E-state index in [-0.39, 0.29) is 5.78 Å². The molecule has 0 bridgehead atoms. The van der Waals surface area contributed by atoms with E-state index in [0.717, 1.165) is 28.1 Å². The van der Waals surface area contributed by atoms with Gasteiger partial charge in [-0.3, -0.25) is 4.79 Å². The fraction of sp³-hybridized carbons (Fsp3) is 0.211. The minimum atomic E-state index is -0.000337. The maximum absolute atomic E-state index is 12.2. The first kappa shape index (κ1) is 15.8. The predicted octanol–water partition coefficient (Wildman–Crippen LogP) is 4.51. The molecule has 0 atom stereocenters. The fourth-order valence-electron chi connectivity index (χ4n) is 2.12. The first-order valence-corrected chi connectivity index (χ1v) is 7.37. The predicted molar refractivity (Wildman–Crippen MR) is 90.6 cm³/mol. The van der Waals surface area contributed by atoms with Crippen molar-refractivity contribution < 1.29 is 9.53 Å². The maximum Gasteiger partial charge on any atom is 0.187 e. The van der Waals surface area contributed by atoms with Gasteiger partial charge in [-0.25, -0.2) is 0 Å². The number of nitrogens with one attached hydrogen (secondary N) is 1. The zero-order valence-corrected chi connectivity index (χ0v) is 13.2. The molecule has 0 heterocycles. The van der Waals surface area contributed by atoms with E-state index in [2.05, 4.69) is 5.32 Å². The highest BCUT2D eigenvalue weighted by atomic mass is 16.5. The highest BCUT2D eigenvalue weighted by Crippen LogP contribution is 2.16. The van der Waals surface area contributed by atoms with Crippen LogP contribution in [0.15, 0.2) is 54.7 Å². The van der Waals surface area contributed by atoms with Crippen LogP contribution in [0.5, 0.6) is 5.75 Å². The summed E-state index contributed by atoms with van der Waals surface area (Å²) in [5.74, 6) is 0.836. The molecule has 2 aromatic rings. The molecule has 0 aliphatic rings. The van der Waals surface area contributed by atoms with Gasteiger partial charge in [-0.1, -0.05) is 17.7 Å². The molecule has 22 heavy (non-hydrogen) atoms. The summed E-state index contributed by atoms with van der Waals surface area (Å²) >= 11 is 0. The van der Waals surface area contributed by atoms with Gasteiger partial charge < -0.3 is 10.1 Å². The van der Waals surface area contributed by atoms with E-state index in [1.807, 2.05) is 63.2 Å². The minimum Gasteiger partial charge on any atom is -0.494 e. The van der Waals surface area contributed by atoms with Crippen molar-refractivity contribution in [2.24, 2.45) is 0 Å². The Labute approximate surface area is 131 Å². The fourth-order valence-corrected chi connectivity index (χ4v) is 2.12. The molecule has 3 nitrogen and oxygen atoms in total. The monoisotopic (exact) mass is 295 g/mol. The summed E-state index contributed by atoms with van der Waals surface area (Å²) in [5, 5.41) is 3.09. The number of anilines is 1. The highest BCUT2D eigenvalue weighted by molar-refractivity contribution is 6.05. The Morgan fingerprint density at radius 3 is 2.55 bits per heavy atom. The van der Waals surface area contributed by atoms with Gasteiger partial charge in [0.2, 0.25) is 0 Å². The average molecular weight is 295 g/mol. The largest absolute Gasteiger partial charge is 0.494 e. The average Bonchev–Trinajstić information content (AvgIpc) is 2.51. The molecule has 0 saturated heterocycles. The molecule has 0 aromatic heterocycles. The first-order valence-electron chi connectivity index (χ1n) is 7.37. The van der Waals surface area contributed by atoms with Gasteiger partial charge in [-0.05, 0) is 56.7 Å². The Kier molecular flexibility index (Phi) is 5.37. The third-order valence-corrected chi connectivity index (χ3v) is 3.31. The van der Waals surface area contributed by atoms with E-state index in [1.54, 1.807) is 12.3 Å². The maximum atomic E-state index is 12.2. The van der Waals surface area contributed by atoms with Crippen molar-refractivity contribution in [1.29, 1.82) is 0 Å². The number of carbonyl (C=O) groups excluding carboxylic acids is 1. The zero-order valence-electron chi connectivity index (χ0n) is 13.2. The third-order valence-electron chi connectivity index (χ3n) is 3.31. The van der Waals surface area contributed by atoms with Gasteiger partial charge in [0, 0.05) is 23.5 Å². The number of hydrogen-bond acceptors (Lipinski definition) is 3. The Morgan fingerprint density at radius 1 is 1.14 bits per heavy atom. The van der Waals surface area contributed by atoms with Crippen LogP contribution in [0.1, 0.15) is 28.4 Å². The van der Waals surface area contributed by atoms with Crippen LogP contribution in [0.4, 0.5) is 5.69 Å². The summed E-state index contributed by atoms with van der Waals surface area (Å²) in [5.41, 5.74) is 3.72. The van der Waals surface area contributed by atoms with Crippen LogP contribution in [-0.2, 0) is 0 Å². The smallest absolute Gasteiger partial charge is 0.187 e. The summed E-state index contributed by atoms with van der Waals surface area (Å²) in [6, 6.07) is 13.5. The molecule has 2 rings (SSSR count). The van der Waals surface area contributed by atoms with E-state index in [0.29, 0.717) is 6.61 Å². The van der Waals surface area contributed by atoms with Gasteiger partial charge in [0.1, 0.15) is 5.75 Å². The molecule has 0 aliphatic heterocycles. The van der Waals surface area contributed by atoms with E-state index < -0.39 is 0 Å². The lowest BCUT2D eigenvalue weighted by atomic mass is 10.0. The lowest BCUT2D eigenvalue weighted by Crippen LogP contribution is -2.00. The van der Waals surface area contributed by atoms with Crippen LogP contribution < -0.4 is 10.1 Å². The molecule has 0 amide bonds. The number of carbonyl (C=O) groups is 1. The summed E-state index contributed by atoms with van der Waals surface area (Å²) in [6.07, 6.45) is 3.22. The summed E-state index contributed by atoms with van der Waals surface area (Å²) in [6.45, 7) is 6.53. The van der Waals surface area contributed by atoms with Gasteiger partial charge in [0.05, 0.1) is 6.61 Å². The minimum absolute atomic E-state index is 0.000337. The number of aryl methyl sites for hydroxylation is 2. The number of ether oxygens (including phenoxy) is 1. The lowest BCUT2D eigenvalue weighted by molar-refractivity contribution is 0.104. The topological polar surface area (TPSA) is 38.3 Å². The van der Waals surface area contributed by atoms with Crippen molar-refractivity contribution in [3.8, 4) is 5.75 Å². The molecule has 2 aromatic carbocycles. The molecule has 0 saturated carbocycles. The molecule has 0 spiro atoms. The van der Waals surface area contributed by atoms with E-state index in [4.69, 9.17) is 4.74 Å². The van der Waals surface area contributed by atoms with Crippen LogP contribution in [0.2, 0.25) is 0 Å². The Morgan fingerprint density at radius 2 is 1.86 bits per heavy atom. The van der Waals surface area contributed by atoms with Gasteiger partial charge in [-0.15, -0.1) is 0 Å². The van der Waals surface area contributed by atoms with Crippen molar-refractivity contribution in [3.05, 3.63) is 71.4 Å². The van der Waals surface area contributed by atoms with Crippen LogP contribution >= 0.6 is 0 Å². The second kappa shape index (κ2) is 7.46. The van der Waals surface area contributed by atoms with Gasteiger partial charge in [0.15, 0.2) is 5.78 Å². The molecule has 0 aliphatic carbocycles. The molecule has 0 unspecified atom stereocenters. The highest BCUT2D eigenvalue weighted by Gasteiger charge is 2.05. The summed E-state index contributed by atoms with van der Waals surface area (Å²) < 4.78 is 5.39. The summed E-state index contributed by atoms with van der Waals surface area (Å²) in [7, 11) is 0.